The molecule has 3 heterocycles. The van der Waals surface area contributed by atoms with E-state index in [9.17, 15) is 4.79 Å². The van der Waals surface area contributed by atoms with Gasteiger partial charge in [-0.1, -0.05) is 12.1 Å². The number of morpholine rings is 1. The van der Waals surface area contributed by atoms with Crippen LogP contribution < -0.4 is 19.1 Å². The summed E-state index contributed by atoms with van der Waals surface area (Å²) in [6, 6.07) is 21.6. The largest absolute Gasteiger partial charge is 0.497 e. The van der Waals surface area contributed by atoms with E-state index in [1.165, 1.54) is 4.90 Å². The van der Waals surface area contributed by atoms with E-state index in [0.717, 1.165) is 46.7 Å². The minimum atomic E-state index is -0.0777. The molecule has 0 atom stereocenters. The van der Waals surface area contributed by atoms with Gasteiger partial charge < -0.3 is 28.7 Å². The summed E-state index contributed by atoms with van der Waals surface area (Å²) >= 11 is 1.70. The molecule has 0 saturated carbocycles. The van der Waals surface area contributed by atoms with Crippen LogP contribution in [0.5, 0.6) is 17.2 Å². The molecule has 0 N–H and O–H groups in total. The molecule has 1 amide bonds. The molecule has 0 spiro atoms. The minimum absolute atomic E-state index is 0.0777. The van der Waals surface area contributed by atoms with Gasteiger partial charge in [-0.15, -0.1) is 11.8 Å². The smallest absolute Gasteiger partial charge is 0.254 e. The molecule has 2 aliphatic rings. The number of fused-ring (bicyclic) bond motifs is 2. The Kier molecular flexibility index (Phi) is 7.66. The Hall–Kier alpha value is -3.95. The summed E-state index contributed by atoms with van der Waals surface area (Å²) in [5.74, 6) is 2.94. The number of hydrogen-bond acceptors (Lipinski definition) is 8. The Bertz CT molecular complexity index is 1520. The lowest BCUT2D eigenvalue weighted by Gasteiger charge is -2.31. The van der Waals surface area contributed by atoms with E-state index in [1.54, 1.807) is 31.0 Å². The average molecular weight is 558 g/mol. The second-order valence-electron chi connectivity index (χ2n) is 9.71. The zero-order chi connectivity index (χ0) is 27.5. The molecular formula is C31H31N3O5S. The Morgan fingerprint density at radius 2 is 1.77 bits per heavy atom. The molecule has 4 aromatic rings. The van der Waals surface area contributed by atoms with Crippen molar-refractivity contribution in [3.05, 3.63) is 83.4 Å². The lowest BCUT2D eigenvalue weighted by Crippen LogP contribution is -2.38. The van der Waals surface area contributed by atoms with E-state index in [4.69, 9.17) is 23.9 Å². The van der Waals surface area contributed by atoms with Gasteiger partial charge in [0, 0.05) is 47.6 Å². The van der Waals surface area contributed by atoms with Gasteiger partial charge in [0.05, 0.1) is 25.8 Å². The first-order valence-electron chi connectivity index (χ1n) is 13.2. The number of ether oxygens (including phenoxy) is 4. The highest BCUT2D eigenvalue weighted by molar-refractivity contribution is 7.98. The fraction of sp³-hybridized carbons (Fsp3) is 0.290. The van der Waals surface area contributed by atoms with Crippen molar-refractivity contribution < 1.29 is 23.7 Å². The first kappa shape index (κ1) is 26.3. The predicted octanol–water partition coefficient (Wildman–Crippen LogP) is 5.37. The maximum Gasteiger partial charge on any atom is 0.254 e. The standard InChI is InChI=1S/C31H31N3O5S/c1-36-25-7-4-22(5-8-25)31(35)34(18-21-3-10-28-29(15-21)39-20-38-28)19-24-16-23-6-9-26(40-2)17-27(23)32-30(24)33-11-13-37-14-12-33/h3-10,15-17H,11-14,18-20H2,1-2H3. The highest BCUT2D eigenvalue weighted by Crippen LogP contribution is 2.34. The average Bonchev–Trinajstić information content (AvgIpc) is 3.48. The SMILES string of the molecule is COc1ccc(C(=O)N(Cc2ccc3c(c2)OCO3)Cc2cc3ccc(SC)cc3nc2N2CCOCC2)cc1. The summed E-state index contributed by atoms with van der Waals surface area (Å²) in [6.45, 7) is 3.79. The van der Waals surface area contributed by atoms with Crippen LogP contribution in [-0.2, 0) is 17.8 Å². The van der Waals surface area contributed by atoms with Crippen molar-refractivity contribution in [3.63, 3.8) is 0 Å². The Balaban J connectivity index is 1.39. The number of anilines is 1. The molecule has 0 bridgehead atoms. The maximum absolute atomic E-state index is 14.0. The van der Waals surface area contributed by atoms with Crippen LogP contribution >= 0.6 is 11.8 Å². The van der Waals surface area contributed by atoms with Gasteiger partial charge in [-0.25, -0.2) is 4.98 Å². The van der Waals surface area contributed by atoms with Crippen LogP contribution in [0.15, 0.2) is 71.6 Å². The molecule has 0 aliphatic carbocycles. The Morgan fingerprint density at radius 1 is 0.975 bits per heavy atom. The van der Waals surface area contributed by atoms with Crippen LogP contribution in [-0.4, -0.2) is 62.3 Å². The van der Waals surface area contributed by atoms with E-state index >= 15 is 0 Å². The molecule has 206 valence electrons. The van der Waals surface area contributed by atoms with Gasteiger partial charge in [0.25, 0.3) is 5.91 Å². The van der Waals surface area contributed by atoms with Crippen molar-refractivity contribution in [2.45, 2.75) is 18.0 Å². The van der Waals surface area contributed by atoms with Crippen LogP contribution in [0.4, 0.5) is 5.82 Å². The first-order valence-corrected chi connectivity index (χ1v) is 14.5. The van der Waals surface area contributed by atoms with Crippen molar-refractivity contribution >= 4 is 34.4 Å². The van der Waals surface area contributed by atoms with E-state index in [1.807, 2.05) is 35.2 Å². The van der Waals surface area contributed by atoms with Gasteiger partial charge in [-0.2, -0.15) is 0 Å². The van der Waals surface area contributed by atoms with Crippen molar-refractivity contribution in [2.75, 3.05) is 51.4 Å². The third-order valence-electron chi connectivity index (χ3n) is 7.19. The van der Waals surface area contributed by atoms with Crippen LogP contribution in [0.3, 0.4) is 0 Å². The molecule has 1 saturated heterocycles. The van der Waals surface area contributed by atoms with E-state index in [-0.39, 0.29) is 12.7 Å². The summed E-state index contributed by atoms with van der Waals surface area (Å²) in [7, 11) is 1.62. The number of aromatic nitrogens is 1. The van der Waals surface area contributed by atoms with Gasteiger partial charge in [0.15, 0.2) is 11.5 Å². The number of methoxy groups -OCH3 is 1. The fourth-order valence-electron chi connectivity index (χ4n) is 5.05. The number of nitrogens with zero attached hydrogens (tertiary/aromatic N) is 3. The number of carbonyl (C=O) groups is 1. The van der Waals surface area contributed by atoms with Crippen LogP contribution in [0.1, 0.15) is 21.5 Å². The first-order chi connectivity index (χ1) is 19.6. The van der Waals surface area contributed by atoms with Crippen molar-refractivity contribution in [2.24, 2.45) is 0 Å². The van der Waals surface area contributed by atoms with E-state index < -0.39 is 0 Å². The number of thioether (sulfide) groups is 1. The molecule has 8 nitrogen and oxygen atoms in total. The highest BCUT2D eigenvalue weighted by Gasteiger charge is 2.24. The molecule has 1 aromatic heterocycles. The number of benzene rings is 3. The molecule has 40 heavy (non-hydrogen) atoms. The van der Waals surface area contributed by atoms with Crippen LogP contribution in [0.2, 0.25) is 0 Å². The molecule has 0 unspecified atom stereocenters. The molecule has 6 rings (SSSR count). The molecule has 1 fully saturated rings. The second-order valence-corrected chi connectivity index (χ2v) is 10.6. The summed E-state index contributed by atoms with van der Waals surface area (Å²) in [5.41, 5.74) is 3.49. The molecule has 9 heteroatoms. The lowest BCUT2D eigenvalue weighted by atomic mass is 10.1. The Labute approximate surface area is 237 Å². The van der Waals surface area contributed by atoms with Gasteiger partial charge in [0.1, 0.15) is 11.6 Å². The van der Waals surface area contributed by atoms with Gasteiger partial charge in [-0.3, -0.25) is 4.79 Å². The number of pyridine rings is 1. The number of amides is 1. The van der Waals surface area contributed by atoms with Gasteiger partial charge in [-0.05, 0) is 66.4 Å². The zero-order valence-corrected chi connectivity index (χ0v) is 23.4. The monoisotopic (exact) mass is 557 g/mol. The number of hydrogen-bond donors (Lipinski definition) is 0. The molecule has 0 radical (unpaired) electrons. The number of carbonyl (C=O) groups excluding carboxylic acids is 1. The molecule has 2 aliphatic heterocycles. The fourth-order valence-corrected chi connectivity index (χ4v) is 5.49. The van der Waals surface area contributed by atoms with Crippen LogP contribution in [0, 0.1) is 0 Å². The topological polar surface area (TPSA) is 73.4 Å². The van der Waals surface area contributed by atoms with Crippen molar-refractivity contribution in [3.8, 4) is 17.2 Å². The highest BCUT2D eigenvalue weighted by atomic mass is 32.2. The molecule has 3 aromatic carbocycles. The summed E-state index contributed by atoms with van der Waals surface area (Å²) < 4.78 is 22.0. The predicted molar refractivity (Wildman–Crippen MR) is 156 cm³/mol. The summed E-state index contributed by atoms with van der Waals surface area (Å²) in [5, 5.41) is 1.05. The minimum Gasteiger partial charge on any atom is -0.497 e. The third kappa shape index (κ3) is 5.52. The lowest BCUT2D eigenvalue weighted by molar-refractivity contribution is 0.0729. The van der Waals surface area contributed by atoms with Crippen molar-refractivity contribution in [1.82, 2.24) is 9.88 Å². The Morgan fingerprint density at radius 3 is 2.55 bits per heavy atom. The van der Waals surface area contributed by atoms with Gasteiger partial charge >= 0.3 is 0 Å². The normalized spacial score (nSPS) is 14.4. The van der Waals surface area contributed by atoms with Crippen LogP contribution in [0.25, 0.3) is 10.9 Å². The second kappa shape index (κ2) is 11.7. The number of rotatable bonds is 8. The third-order valence-corrected chi connectivity index (χ3v) is 7.91. The van der Waals surface area contributed by atoms with Gasteiger partial charge in [0.2, 0.25) is 6.79 Å². The van der Waals surface area contributed by atoms with E-state index in [2.05, 4.69) is 35.4 Å². The maximum atomic E-state index is 14.0. The van der Waals surface area contributed by atoms with E-state index in [0.29, 0.717) is 43.4 Å². The molecular weight excluding hydrogens is 526 g/mol. The summed E-state index contributed by atoms with van der Waals surface area (Å²) in [6.07, 6.45) is 2.07. The quantitative estimate of drug-likeness (QED) is 0.268. The summed E-state index contributed by atoms with van der Waals surface area (Å²) in [4.78, 5) is 24.4. The zero-order valence-electron chi connectivity index (χ0n) is 22.6. The van der Waals surface area contributed by atoms with Crippen molar-refractivity contribution in [1.29, 1.82) is 0 Å².